The van der Waals surface area contributed by atoms with Gasteiger partial charge in [-0.3, -0.25) is 0 Å². The Bertz CT molecular complexity index is 607. The molecule has 1 atom stereocenters. The van der Waals surface area contributed by atoms with E-state index in [4.69, 9.17) is 10.5 Å². The highest BCUT2D eigenvalue weighted by atomic mass is 79.9. The maximum atomic E-state index is 13.5. The minimum absolute atomic E-state index is 0.318. The molecular formula is C13H15BrFN3O. The number of halogens is 2. The number of fused-ring (bicyclic) bond motifs is 1. The molecule has 1 aromatic carbocycles. The maximum Gasteiger partial charge on any atom is 0.201 e. The van der Waals surface area contributed by atoms with Crippen molar-refractivity contribution < 1.29 is 9.13 Å². The quantitative estimate of drug-likeness (QED) is 0.942. The molecular weight excluding hydrogens is 313 g/mol. The predicted molar refractivity (Wildman–Crippen MR) is 75.3 cm³/mol. The first-order chi connectivity index (χ1) is 9.15. The molecule has 4 nitrogen and oxygen atoms in total. The zero-order valence-corrected chi connectivity index (χ0v) is 12.0. The molecule has 0 aliphatic carbocycles. The van der Waals surface area contributed by atoms with E-state index in [1.165, 1.54) is 6.07 Å². The summed E-state index contributed by atoms with van der Waals surface area (Å²) < 4.78 is 21.2. The highest BCUT2D eigenvalue weighted by molar-refractivity contribution is 9.10. The predicted octanol–water partition coefficient (Wildman–Crippen LogP) is 2.95. The summed E-state index contributed by atoms with van der Waals surface area (Å²) in [6.07, 6.45) is 2.11. The third-order valence-electron chi connectivity index (χ3n) is 3.60. The summed E-state index contributed by atoms with van der Waals surface area (Å²) in [5.41, 5.74) is 7.38. The molecule has 102 valence electrons. The van der Waals surface area contributed by atoms with Crippen LogP contribution < -0.4 is 5.73 Å². The lowest BCUT2D eigenvalue weighted by Gasteiger charge is -2.10. The number of ether oxygens (including phenoxy) is 1. The van der Waals surface area contributed by atoms with Crippen LogP contribution in [0, 0.1) is 11.7 Å². The van der Waals surface area contributed by atoms with Gasteiger partial charge >= 0.3 is 0 Å². The second kappa shape index (κ2) is 5.09. The molecule has 6 heteroatoms. The van der Waals surface area contributed by atoms with Crippen LogP contribution in [-0.2, 0) is 11.3 Å². The lowest BCUT2D eigenvalue weighted by molar-refractivity contribution is 0.183. The SMILES string of the molecule is Nc1nc2cc(F)c(Br)cc2n1CCC1CCOC1. The van der Waals surface area contributed by atoms with Crippen molar-refractivity contribution in [1.82, 2.24) is 9.55 Å². The zero-order chi connectivity index (χ0) is 13.4. The summed E-state index contributed by atoms with van der Waals surface area (Å²) in [5, 5.41) is 0. The number of nitrogen functional groups attached to an aromatic ring is 1. The van der Waals surface area contributed by atoms with Gasteiger partial charge in [0.1, 0.15) is 5.82 Å². The van der Waals surface area contributed by atoms with Gasteiger partial charge in [0, 0.05) is 25.8 Å². The van der Waals surface area contributed by atoms with E-state index in [1.807, 2.05) is 4.57 Å². The molecule has 0 spiro atoms. The van der Waals surface area contributed by atoms with Crippen LogP contribution in [0.15, 0.2) is 16.6 Å². The Balaban J connectivity index is 1.89. The van der Waals surface area contributed by atoms with Crippen molar-refractivity contribution in [1.29, 1.82) is 0 Å². The molecule has 0 bridgehead atoms. The number of aryl methyl sites for hydroxylation is 1. The van der Waals surface area contributed by atoms with E-state index in [-0.39, 0.29) is 5.82 Å². The number of nitrogens with two attached hydrogens (primary N) is 1. The largest absolute Gasteiger partial charge is 0.381 e. The highest BCUT2D eigenvalue weighted by Gasteiger charge is 2.17. The third-order valence-corrected chi connectivity index (χ3v) is 4.21. The first kappa shape index (κ1) is 12.9. The molecule has 19 heavy (non-hydrogen) atoms. The van der Waals surface area contributed by atoms with Gasteiger partial charge in [0.2, 0.25) is 5.95 Å². The van der Waals surface area contributed by atoms with E-state index in [1.54, 1.807) is 6.07 Å². The molecule has 1 saturated heterocycles. The van der Waals surface area contributed by atoms with E-state index < -0.39 is 0 Å². The van der Waals surface area contributed by atoms with Gasteiger partial charge in [-0.25, -0.2) is 9.37 Å². The molecule has 0 radical (unpaired) electrons. The van der Waals surface area contributed by atoms with Crippen LogP contribution in [0.3, 0.4) is 0 Å². The first-order valence-corrected chi connectivity index (χ1v) is 7.13. The van der Waals surface area contributed by atoms with Crippen LogP contribution in [0.2, 0.25) is 0 Å². The van der Waals surface area contributed by atoms with E-state index in [0.29, 0.717) is 21.9 Å². The fourth-order valence-electron chi connectivity index (χ4n) is 2.50. The van der Waals surface area contributed by atoms with Crippen molar-refractivity contribution in [3.63, 3.8) is 0 Å². The summed E-state index contributed by atoms with van der Waals surface area (Å²) >= 11 is 3.20. The molecule has 0 saturated carbocycles. The van der Waals surface area contributed by atoms with Crippen LogP contribution in [-0.4, -0.2) is 22.8 Å². The Hall–Kier alpha value is -1.14. The van der Waals surface area contributed by atoms with Crippen LogP contribution in [0.5, 0.6) is 0 Å². The number of aromatic nitrogens is 2. The Labute approximate surface area is 118 Å². The Morgan fingerprint density at radius 1 is 1.53 bits per heavy atom. The average molecular weight is 328 g/mol. The van der Waals surface area contributed by atoms with Gasteiger partial charge in [-0.05, 0) is 40.8 Å². The van der Waals surface area contributed by atoms with Crippen molar-refractivity contribution >= 4 is 32.9 Å². The standard InChI is InChI=1S/C13H15BrFN3O/c14-9-5-12-11(6-10(9)15)17-13(16)18(12)3-1-8-2-4-19-7-8/h5-6,8H,1-4,7H2,(H2,16,17). The van der Waals surface area contributed by atoms with Gasteiger partial charge in [-0.15, -0.1) is 0 Å². The van der Waals surface area contributed by atoms with Crippen LogP contribution >= 0.6 is 15.9 Å². The highest BCUT2D eigenvalue weighted by Crippen LogP contribution is 2.26. The second-order valence-corrected chi connectivity index (χ2v) is 5.75. The molecule has 1 aliphatic rings. The fourth-order valence-corrected chi connectivity index (χ4v) is 2.83. The summed E-state index contributed by atoms with van der Waals surface area (Å²) in [5.74, 6) is 0.702. The fraction of sp³-hybridized carbons (Fsp3) is 0.462. The topological polar surface area (TPSA) is 53.1 Å². The number of hydrogen-bond donors (Lipinski definition) is 1. The van der Waals surface area contributed by atoms with Gasteiger partial charge < -0.3 is 15.0 Å². The van der Waals surface area contributed by atoms with Gasteiger partial charge in [-0.2, -0.15) is 0 Å². The van der Waals surface area contributed by atoms with Crippen LogP contribution in [0.4, 0.5) is 10.3 Å². The number of anilines is 1. The minimum Gasteiger partial charge on any atom is -0.381 e. The van der Waals surface area contributed by atoms with Crippen molar-refractivity contribution in [2.75, 3.05) is 18.9 Å². The lowest BCUT2D eigenvalue weighted by atomic mass is 10.1. The molecule has 2 heterocycles. The van der Waals surface area contributed by atoms with Crippen molar-refractivity contribution in [2.24, 2.45) is 5.92 Å². The number of nitrogens with zero attached hydrogens (tertiary/aromatic N) is 2. The number of imidazole rings is 1. The molecule has 2 aromatic rings. The molecule has 1 aliphatic heterocycles. The van der Waals surface area contributed by atoms with Gasteiger partial charge in [0.25, 0.3) is 0 Å². The molecule has 0 amide bonds. The van der Waals surface area contributed by atoms with Crippen molar-refractivity contribution in [2.45, 2.75) is 19.4 Å². The summed E-state index contributed by atoms with van der Waals surface area (Å²) in [6, 6.07) is 3.14. The maximum absolute atomic E-state index is 13.5. The zero-order valence-electron chi connectivity index (χ0n) is 10.4. The third kappa shape index (κ3) is 2.47. The normalized spacial score (nSPS) is 19.4. The smallest absolute Gasteiger partial charge is 0.201 e. The van der Waals surface area contributed by atoms with Gasteiger partial charge in [-0.1, -0.05) is 0 Å². The van der Waals surface area contributed by atoms with Gasteiger partial charge in [0.05, 0.1) is 15.5 Å². The minimum atomic E-state index is -0.318. The Morgan fingerprint density at radius 3 is 3.11 bits per heavy atom. The van der Waals surface area contributed by atoms with E-state index >= 15 is 0 Å². The molecule has 1 aromatic heterocycles. The summed E-state index contributed by atoms with van der Waals surface area (Å²) in [7, 11) is 0. The number of benzene rings is 1. The summed E-state index contributed by atoms with van der Waals surface area (Å²) in [6.45, 7) is 2.46. The Morgan fingerprint density at radius 2 is 2.37 bits per heavy atom. The van der Waals surface area contributed by atoms with E-state index in [0.717, 1.165) is 38.1 Å². The number of rotatable bonds is 3. The summed E-state index contributed by atoms with van der Waals surface area (Å²) in [4.78, 5) is 4.21. The Kier molecular flexibility index (Phi) is 3.45. The van der Waals surface area contributed by atoms with Crippen LogP contribution in [0.25, 0.3) is 11.0 Å². The van der Waals surface area contributed by atoms with Crippen LogP contribution in [0.1, 0.15) is 12.8 Å². The molecule has 3 rings (SSSR count). The monoisotopic (exact) mass is 327 g/mol. The molecule has 1 fully saturated rings. The molecule has 1 unspecified atom stereocenters. The molecule has 2 N–H and O–H groups in total. The van der Waals surface area contributed by atoms with Gasteiger partial charge in [0.15, 0.2) is 0 Å². The average Bonchev–Trinajstić information content (AvgIpc) is 2.96. The first-order valence-electron chi connectivity index (χ1n) is 6.33. The second-order valence-electron chi connectivity index (χ2n) is 4.89. The van der Waals surface area contributed by atoms with Crippen molar-refractivity contribution in [3.05, 3.63) is 22.4 Å². The van der Waals surface area contributed by atoms with E-state index in [2.05, 4.69) is 20.9 Å². The number of hydrogen-bond acceptors (Lipinski definition) is 3. The van der Waals surface area contributed by atoms with Crippen molar-refractivity contribution in [3.8, 4) is 0 Å². The lowest BCUT2D eigenvalue weighted by Crippen LogP contribution is -2.08. The van der Waals surface area contributed by atoms with E-state index in [9.17, 15) is 4.39 Å².